The quantitative estimate of drug-likeness (QED) is 0.804. The van der Waals surface area contributed by atoms with E-state index in [2.05, 4.69) is 4.98 Å². The summed E-state index contributed by atoms with van der Waals surface area (Å²) in [5.41, 5.74) is 8.89. The van der Waals surface area contributed by atoms with E-state index in [1.165, 1.54) is 0 Å². The topological polar surface area (TPSA) is 53.1 Å². The lowest BCUT2D eigenvalue weighted by Crippen LogP contribution is -2.04. The summed E-state index contributed by atoms with van der Waals surface area (Å²) in [5, 5.41) is 0.715. The maximum Gasteiger partial charge on any atom is 0.201 e. The Hall–Kier alpha value is -2.20. The summed E-state index contributed by atoms with van der Waals surface area (Å²) >= 11 is 6.01. The Labute approximate surface area is 121 Å². The first kappa shape index (κ1) is 12.8. The molecule has 102 valence electrons. The molecule has 0 radical (unpaired) electrons. The van der Waals surface area contributed by atoms with Crippen molar-refractivity contribution in [1.82, 2.24) is 9.55 Å². The number of nitrogens with zero attached hydrogens (tertiary/aromatic N) is 2. The van der Waals surface area contributed by atoms with Gasteiger partial charge in [-0.05, 0) is 29.8 Å². The van der Waals surface area contributed by atoms with Gasteiger partial charge in [0.1, 0.15) is 5.75 Å². The first-order valence-electron chi connectivity index (χ1n) is 6.21. The van der Waals surface area contributed by atoms with E-state index in [-0.39, 0.29) is 0 Å². The molecule has 4 nitrogen and oxygen atoms in total. The number of benzene rings is 2. The lowest BCUT2D eigenvalue weighted by atomic mass is 10.2. The van der Waals surface area contributed by atoms with E-state index in [0.29, 0.717) is 17.5 Å². The van der Waals surface area contributed by atoms with E-state index in [0.717, 1.165) is 22.3 Å². The summed E-state index contributed by atoms with van der Waals surface area (Å²) in [5.74, 6) is 1.25. The number of fused-ring (bicyclic) bond motifs is 1. The van der Waals surface area contributed by atoms with E-state index in [9.17, 15) is 0 Å². The van der Waals surface area contributed by atoms with E-state index < -0.39 is 0 Å². The van der Waals surface area contributed by atoms with Crippen LogP contribution in [0.4, 0.5) is 5.95 Å². The Kier molecular flexibility index (Phi) is 3.24. The third-order valence-electron chi connectivity index (χ3n) is 3.21. The number of methoxy groups -OCH3 is 1. The molecule has 1 heterocycles. The van der Waals surface area contributed by atoms with Crippen molar-refractivity contribution in [2.24, 2.45) is 0 Å². The fraction of sp³-hybridized carbons (Fsp3) is 0.133. The Balaban J connectivity index is 2.05. The van der Waals surface area contributed by atoms with Crippen LogP contribution in [0.5, 0.6) is 5.75 Å². The average Bonchev–Trinajstić information content (AvgIpc) is 2.74. The lowest BCUT2D eigenvalue weighted by molar-refractivity contribution is 0.415. The SMILES string of the molecule is COc1ccc2c(c1)nc(N)n2Cc1cccc(Cl)c1. The van der Waals surface area contributed by atoms with Gasteiger partial charge in [-0.2, -0.15) is 0 Å². The van der Waals surface area contributed by atoms with Gasteiger partial charge in [0.25, 0.3) is 0 Å². The maximum atomic E-state index is 6.01. The van der Waals surface area contributed by atoms with Crippen LogP contribution in [0.2, 0.25) is 5.02 Å². The number of nitrogen functional groups attached to an aromatic ring is 1. The molecule has 3 aromatic rings. The fourth-order valence-corrected chi connectivity index (χ4v) is 2.45. The minimum Gasteiger partial charge on any atom is -0.497 e. The van der Waals surface area contributed by atoms with Crippen LogP contribution in [-0.4, -0.2) is 16.7 Å². The average molecular weight is 288 g/mol. The smallest absolute Gasteiger partial charge is 0.201 e. The molecule has 2 N–H and O–H groups in total. The summed E-state index contributed by atoms with van der Waals surface area (Å²) in [6.07, 6.45) is 0. The van der Waals surface area contributed by atoms with E-state index >= 15 is 0 Å². The molecule has 0 aliphatic heterocycles. The minimum atomic E-state index is 0.480. The molecule has 5 heteroatoms. The van der Waals surface area contributed by atoms with Gasteiger partial charge in [-0.15, -0.1) is 0 Å². The van der Waals surface area contributed by atoms with Crippen LogP contribution in [0.3, 0.4) is 0 Å². The molecule has 0 saturated carbocycles. The van der Waals surface area contributed by atoms with Gasteiger partial charge in [-0.1, -0.05) is 23.7 Å². The van der Waals surface area contributed by atoms with Gasteiger partial charge in [0.2, 0.25) is 5.95 Å². The van der Waals surface area contributed by atoms with Crippen molar-refractivity contribution in [3.8, 4) is 5.75 Å². The highest BCUT2D eigenvalue weighted by Gasteiger charge is 2.09. The second-order valence-corrected chi connectivity index (χ2v) is 4.98. The standard InChI is InChI=1S/C15H14ClN3O/c1-20-12-5-6-14-13(8-12)18-15(17)19(14)9-10-3-2-4-11(16)7-10/h2-8H,9H2,1H3,(H2,17,18). The molecule has 0 bridgehead atoms. The summed E-state index contributed by atoms with van der Waals surface area (Å²) in [6, 6.07) is 13.5. The second kappa shape index (κ2) is 5.06. The molecule has 20 heavy (non-hydrogen) atoms. The van der Waals surface area contributed by atoms with E-state index in [1.807, 2.05) is 47.0 Å². The molecule has 0 amide bonds. The third-order valence-corrected chi connectivity index (χ3v) is 3.45. The molecular formula is C15H14ClN3O. The summed E-state index contributed by atoms with van der Waals surface area (Å²) in [6.45, 7) is 0.634. The van der Waals surface area contributed by atoms with Crippen LogP contribution < -0.4 is 10.5 Å². The Morgan fingerprint density at radius 2 is 2.10 bits per heavy atom. The van der Waals surface area contributed by atoms with Crippen molar-refractivity contribution in [2.45, 2.75) is 6.54 Å². The number of aromatic nitrogens is 2. The van der Waals surface area contributed by atoms with Gasteiger partial charge >= 0.3 is 0 Å². The van der Waals surface area contributed by atoms with Gasteiger partial charge in [0, 0.05) is 11.1 Å². The Morgan fingerprint density at radius 1 is 1.25 bits per heavy atom. The van der Waals surface area contributed by atoms with Crippen LogP contribution in [0.25, 0.3) is 11.0 Å². The highest BCUT2D eigenvalue weighted by Crippen LogP contribution is 2.24. The summed E-state index contributed by atoms with van der Waals surface area (Å²) < 4.78 is 7.16. The minimum absolute atomic E-state index is 0.480. The predicted molar refractivity (Wildman–Crippen MR) is 81.3 cm³/mol. The molecule has 0 atom stereocenters. The van der Waals surface area contributed by atoms with Crippen LogP contribution in [0.1, 0.15) is 5.56 Å². The number of halogens is 1. The van der Waals surface area contributed by atoms with Crippen molar-refractivity contribution in [3.05, 3.63) is 53.1 Å². The molecule has 0 fully saturated rings. The molecule has 3 rings (SSSR count). The van der Waals surface area contributed by atoms with Crippen LogP contribution in [0, 0.1) is 0 Å². The molecule has 0 spiro atoms. The summed E-state index contributed by atoms with van der Waals surface area (Å²) in [4.78, 5) is 4.37. The first-order valence-corrected chi connectivity index (χ1v) is 6.59. The van der Waals surface area contributed by atoms with Crippen molar-refractivity contribution in [2.75, 3.05) is 12.8 Å². The fourth-order valence-electron chi connectivity index (χ4n) is 2.24. The Morgan fingerprint density at radius 3 is 2.85 bits per heavy atom. The van der Waals surface area contributed by atoms with Crippen LogP contribution in [0.15, 0.2) is 42.5 Å². The van der Waals surface area contributed by atoms with Gasteiger partial charge in [0.15, 0.2) is 0 Å². The van der Waals surface area contributed by atoms with Crippen molar-refractivity contribution < 1.29 is 4.74 Å². The molecular weight excluding hydrogens is 274 g/mol. The molecule has 0 aliphatic carbocycles. The van der Waals surface area contributed by atoms with Crippen molar-refractivity contribution in [3.63, 3.8) is 0 Å². The van der Waals surface area contributed by atoms with E-state index in [4.69, 9.17) is 22.1 Å². The van der Waals surface area contributed by atoms with Gasteiger partial charge in [0.05, 0.1) is 24.7 Å². The largest absolute Gasteiger partial charge is 0.497 e. The van der Waals surface area contributed by atoms with Gasteiger partial charge in [-0.3, -0.25) is 0 Å². The van der Waals surface area contributed by atoms with Crippen LogP contribution >= 0.6 is 11.6 Å². The molecule has 0 aliphatic rings. The zero-order valence-corrected chi connectivity index (χ0v) is 11.8. The summed E-state index contributed by atoms with van der Waals surface area (Å²) in [7, 11) is 1.63. The van der Waals surface area contributed by atoms with Gasteiger partial charge < -0.3 is 15.0 Å². The first-order chi connectivity index (χ1) is 9.67. The normalized spacial score (nSPS) is 10.9. The molecule has 0 saturated heterocycles. The number of ether oxygens (including phenoxy) is 1. The number of hydrogen-bond donors (Lipinski definition) is 1. The van der Waals surface area contributed by atoms with E-state index in [1.54, 1.807) is 7.11 Å². The van der Waals surface area contributed by atoms with Crippen molar-refractivity contribution >= 4 is 28.6 Å². The zero-order chi connectivity index (χ0) is 14.1. The maximum absolute atomic E-state index is 6.01. The molecule has 0 unspecified atom stereocenters. The van der Waals surface area contributed by atoms with Crippen molar-refractivity contribution in [1.29, 1.82) is 0 Å². The zero-order valence-electron chi connectivity index (χ0n) is 11.0. The third kappa shape index (κ3) is 2.30. The number of anilines is 1. The predicted octanol–water partition coefficient (Wildman–Crippen LogP) is 3.33. The van der Waals surface area contributed by atoms with Gasteiger partial charge in [-0.25, -0.2) is 4.98 Å². The number of imidazole rings is 1. The Bertz CT molecular complexity index is 767. The molecule has 1 aromatic heterocycles. The highest BCUT2D eigenvalue weighted by atomic mass is 35.5. The second-order valence-electron chi connectivity index (χ2n) is 4.54. The number of hydrogen-bond acceptors (Lipinski definition) is 3. The highest BCUT2D eigenvalue weighted by molar-refractivity contribution is 6.30. The van der Waals surface area contributed by atoms with Crippen LogP contribution in [-0.2, 0) is 6.54 Å². The molecule has 2 aromatic carbocycles. The monoisotopic (exact) mass is 287 g/mol. The lowest BCUT2D eigenvalue weighted by Gasteiger charge is -2.07. The number of rotatable bonds is 3. The number of nitrogens with two attached hydrogens (primary N) is 1.